The van der Waals surface area contributed by atoms with Gasteiger partial charge in [-0.15, -0.1) is 0 Å². The summed E-state index contributed by atoms with van der Waals surface area (Å²) in [4.78, 5) is 0. The molecule has 2 fully saturated rings. The Morgan fingerprint density at radius 3 is 2.43 bits per heavy atom. The van der Waals surface area contributed by atoms with E-state index in [1.165, 1.54) is 0 Å². The van der Waals surface area contributed by atoms with Crippen molar-refractivity contribution in [1.29, 1.82) is 0 Å². The summed E-state index contributed by atoms with van der Waals surface area (Å²) in [6, 6.07) is 9.80. The normalized spacial score (nSPS) is 35.0. The average Bonchev–Trinajstić information content (AvgIpc) is 3.09. The molecule has 0 amide bonds. The maximum atomic E-state index is 12.1. The summed E-state index contributed by atoms with van der Waals surface area (Å²) in [5.41, 5.74) is 1.10. The van der Waals surface area contributed by atoms with Crippen LogP contribution >= 0.6 is 0 Å². The Hall–Kier alpha value is -1.46. The first-order valence-corrected chi connectivity index (χ1v) is 8.66. The van der Waals surface area contributed by atoms with E-state index in [0.717, 1.165) is 24.1 Å². The van der Waals surface area contributed by atoms with Crippen LogP contribution < -0.4 is 0 Å². The molecule has 0 aliphatic carbocycles. The van der Waals surface area contributed by atoms with Crippen molar-refractivity contribution in [3.63, 3.8) is 0 Å². The Bertz CT molecular complexity index is 650. The molecule has 2 aliphatic heterocycles. The van der Waals surface area contributed by atoms with Crippen molar-refractivity contribution in [1.82, 2.24) is 9.78 Å². The van der Waals surface area contributed by atoms with Gasteiger partial charge in [0.2, 0.25) is 0 Å². The molecular formula is C16H18N2O2S. The van der Waals surface area contributed by atoms with Gasteiger partial charge in [-0.25, -0.2) is 4.68 Å². The van der Waals surface area contributed by atoms with Crippen molar-refractivity contribution >= 4 is 10.8 Å². The summed E-state index contributed by atoms with van der Waals surface area (Å²) >= 11 is 0. The SMILES string of the molecule is O=S1C2CCC1CC(O)(c1ccc(-n3cccn3)cc1)C2. The summed E-state index contributed by atoms with van der Waals surface area (Å²) < 4.78 is 13.9. The second kappa shape index (κ2) is 4.78. The number of aliphatic hydroxyl groups is 1. The molecule has 21 heavy (non-hydrogen) atoms. The summed E-state index contributed by atoms with van der Waals surface area (Å²) in [6.07, 6.45) is 6.87. The minimum atomic E-state index is -0.817. The number of aromatic nitrogens is 2. The van der Waals surface area contributed by atoms with E-state index < -0.39 is 16.4 Å². The van der Waals surface area contributed by atoms with Gasteiger partial charge in [0.05, 0.1) is 11.3 Å². The minimum Gasteiger partial charge on any atom is -0.385 e. The highest BCUT2D eigenvalue weighted by molar-refractivity contribution is 7.86. The number of hydrogen-bond acceptors (Lipinski definition) is 3. The maximum Gasteiger partial charge on any atom is 0.0919 e. The van der Waals surface area contributed by atoms with Crippen molar-refractivity contribution in [2.75, 3.05) is 0 Å². The van der Waals surface area contributed by atoms with E-state index in [9.17, 15) is 9.32 Å². The van der Waals surface area contributed by atoms with Crippen LogP contribution in [0.3, 0.4) is 0 Å². The zero-order valence-electron chi connectivity index (χ0n) is 11.7. The van der Waals surface area contributed by atoms with Crippen LogP contribution in [0, 0.1) is 0 Å². The molecule has 2 unspecified atom stereocenters. The van der Waals surface area contributed by atoms with Gasteiger partial charge in [-0.3, -0.25) is 4.21 Å². The van der Waals surface area contributed by atoms with E-state index in [4.69, 9.17) is 0 Å². The predicted octanol–water partition coefficient (Wildman–Crippen LogP) is 2.13. The smallest absolute Gasteiger partial charge is 0.0919 e. The van der Waals surface area contributed by atoms with Crippen molar-refractivity contribution in [2.45, 2.75) is 41.8 Å². The van der Waals surface area contributed by atoms with Gasteiger partial charge in [-0.1, -0.05) is 12.1 Å². The molecular weight excluding hydrogens is 284 g/mol. The zero-order chi connectivity index (χ0) is 14.4. The van der Waals surface area contributed by atoms with Crippen LogP contribution in [-0.2, 0) is 16.4 Å². The molecule has 2 aliphatic rings. The van der Waals surface area contributed by atoms with Crippen LogP contribution in [0.25, 0.3) is 5.69 Å². The largest absolute Gasteiger partial charge is 0.385 e. The summed E-state index contributed by atoms with van der Waals surface area (Å²) in [7, 11) is -0.742. The molecule has 2 bridgehead atoms. The van der Waals surface area contributed by atoms with Crippen LogP contribution in [-0.4, -0.2) is 29.6 Å². The Morgan fingerprint density at radius 2 is 1.86 bits per heavy atom. The number of benzene rings is 1. The van der Waals surface area contributed by atoms with Crippen molar-refractivity contribution in [3.05, 3.63) is 48.3 Å². The van der Waals surface area contributed by atoms with Gasteiger partial charge in [-0.05, 0) is 49.4 Å². The molecule has 1 N–H and O–H groups in total. The van der Waals surface area contributed by atoms with E-state index in [1.54, 1.807) is 10.9 Å². The van der Waals surface area contributed by atoms with Crippen LogP contribution in [0.5, 0.6) is 0 Å². The second-order valence-electron chi connectivity index (χ2n) is 6.09. The maximum absolute atomic E-state index is 12.1. The van der Waals surface area contributed by atoms with E-state index in [2.05, 4.69) is 5.10 Å². The summed E-state index contributed by atoms with van der Waals surface area (Å²) in [5.74, 6) is 0. The summed E-state index contributed by atoms with van der Waals surface area (Å²) in [6.45, 7) is 0. The Labute approximate surface area is 126 Å². The fourth-order valence-corrected chi connectivity index (χ4v) is 5.82. The topological polar surface area (TPSA) is 55.1 Å². The van der Waals surface area contributed by atoms with Crippen LogP contribution in [0.2, 0.25) is 0 Å². The Balaban J connectivity index is 1.63. The van der Waals surface area contributed by atoms with Crippen molar-refractivity contribution in [3.8, 4) is 5.69 Å². The van der Waals surface area contributed by atoms with Crippen molar-refractivity contribution in [2.24, 2.45) is 0 Å². The third-order valence-corrected chi connectivity index (χ3v) is 6.89. The fraction of sp³-hybridized carbons (Fsp3) is 0.438. The highest BCUT2D eigenvalue weighted by atomic mass is 32.2. The summed E-state index contributed by atoms with van der Waals surface area (Å²) in [5, 5.41) is 15.5. The standard InChI is InChI=1S/C16H18N2O2S/c19-16(10-14-6-7-15(11-16)21(14)20)12-2-4-13(5-3-12)18-9-1-8-17-18/h1-5,8-9,14-15,19H,6-7,10-11H2. The molecule has 1 aromatic carbocycles. The van der Waals surface area contributed by atoms with Crippen molar-refractivity contribution < 1.29 is 9.32 Å². The van der Waals surface area contributed by atoms with E-state index >= 15 is 0 Å². The van der Waals surface area contributed by atoms with E-state index in [-0.39, 0.29) is 10.5 Å². The van der Waals surface area contributed by atoms with E-state index in [0.29, 0.717) is 12.8 Å². The van der Waals surface area contributed by atoms with E-state index in [1.807, 2.05) is 36.5 Å². The fourth-order valence-electron chi connectivity index (χ4n) is 3.66. The molecule has 4 rings (SSSR count). The molecule has 0 saturated carbocycles. The quantitative estimate of drug-likeness (QED) is 0.924. The number of rotatable bonds is 2. The molecule has 3 heterocycles. The van der Waals surface area contributed by atoms with Crippen LogP contribution in [0.4, 0.5) is 0 Å². The number of hydrogen-bond donors (Lipinski definition) is 1. The lowest BCUT2D eigenvalue weighted by Gasteiger charge is -2.36. The predicted molar refractivity (Wildman–Crippen MR) is 81.6 cm³/mol. The molecule has 2 atom stereocenters. The monoisotopic (exact) mass is 302 g/mol. The molecule has 5 heteroatoms. The highest BCUT2D eigenvalue weighted by Crippen LogP contribution is 2.45. The highest BCUT2D eigenvalue weighted by Gasteiger charge is 2.48. The van der Waals surface area contributed by atoms with Gasteiger partial charge >= 0.3 is 0 Å². The van der Waals surface area contributed by atoms with Gasteiger partial charge in [0.1, 0.15) is 0 Å². The lowest BCUT2D eigenvalue weighted by molar-refractivity contribution is 0.0185. The number of fused-ring (bicyclic) bond motifs is 2. The van der Waals surface area contributed by atoms with Gasteiger partial charge in [0.25, 0.3) is 0 Å². The first-order valence-electron chi connectivity index (χ1n) is 7.38. The number of nitrogens with zero attached hydrogens (tertiary/aromatic N) is 2. The molecule has 2 saturated heterocycles. The van der Waals surface area contributed by atoms with Gasteiger partial charge < -0.3 is 5.11 Å². The molecule has 4 nitrogen and oxygen atoms in total. The zero-order valence-corrected chi connectivity index (χ0v) is 12.5. The lowest BCUT2D eigenvalue weighted by Crippen LogP contribution is -2.40. The van der Waals surface area contributed by atoms with Gasteiger partial charge in [0, 0.05) is 33.7 Å². The first kappa shape index (κ1) is 13.2. The Morgan fingerprint density at radius 1 is 1.19 bits per heavy atom. The molecule has 0 spiro atoms. The van der Waals surface area contributed by atoms with Gasteiger partial charge in [-0.2, -0.15) is 5.10 Å². The molecule has 1 aromatic heterocycles. The lowest BCUT2D eigenvalue weighted by atomic mass is 9.86. The van der Waals surface area contributed by atoms with Crippen LogP contribution in [0.15, 0.2) is 42.7 Å². The van der Waals surface area contributed by atoms with Gasteiger partial charge in [0.15, 0.2) is 0 Å². The third kappa shape index (κ3) is 2.15. The first-order chi connectivity index (χ1) is 10.2. The molecule has 110 valence electrons. The molecule has 0 radical (unpaired) electrons. The average molecular weight is 302 g/mol. The third-order valence-electron chi connectivity index (χ3n) is 4.77. The molecule has 2 aromatic rings. The minimum absolute atomic E-state index is 0.166. The van der Waals surface area contributed by atoms with Crippen LogP contribution in [0.1, 0.15) is 31.2 Å². The second-order valence-corrected chi connectivity index (χ2v) is 8.08. The Kier molecular flexibility index (Phi) is 3.01.